The predicted molar refractivity (Wildman–Crippen MR) is 67.1 cm³/mol. The van der Waals surface area contributed by atoms with Crippen LogP contribution < -0.4 is 5.32 Å². The second-order valence-corrected chi connectivity index (χ2v) is 3.87. The smallest absolute Gasteiger partial charge is 0.335 e. The molecule has 0 aliphatic rings. The Bertz CT molecular complexity index is 552. The molecule has 2 aromatic rings. The first kappa shape index (κ1) is 12.1. The Hall–Kier alpha value is -2.36. The highest BCUT2D eigenvalue weighted by atomic mass is 19.1. The molecule has 0 aromatic heterocycles. The molecule has 0 bridgehead atoms. The molecule has 0 spiro atoms. The minimum atomic E-state index is -0.958. The van der Waals surface area contributed by atoms with Crippen LogP contribution in [0.1, 0.15) is 15.9 Å². The van der Waals surface area contributed by atoms with Gasteiger partial charge in [0.1, 0.15) is 5.82 Å². The summed E-state index contributed by atoms with van der Waals surface area (Å²) in [5.74, 6) is -1.23. The molecule has 4 heteroatoms. The molecule has 0 heterocycles. The van der Waals surface area contributed by atoms with Crippen molar-refractivity contribution in [2.45, 2.75) is 6.54 Å². The van der Waals surface area contributed by atoms with Crippen LogP contribution in [0, 0.1) is 5.82 Å². The second-order valence-electron chi connectivity index (χ2n) is 3.87. The summed E-state index contributed by atoms with van der Waals surface area (Å²) < 4.78 is 12.7. The van der Waals surface area contributed by atoms with E-state index in [0.717, 1.165) is 11.3 Å². The first-order valence-electron chi connectivity index (χ1n) is 5.47. The summed E-state index contributed by atoms with van der Waals surface area (Å²) in [7, 11) is 0. The molecule has 92 valence electrons. The van der Waals surface area contributed by atoms with Crippen LogP contribution in [0.25, 0.3) is 0 Å². The van der Waals surface area contributed by atoms with E-state index in [9.17, 15) is 9.18 Å². The van der Waals surface area contributed by atoms with Gasteiger partial charge in [-0.15, -0.1) is 0 Å². The average Bonchev–Trinajstić information content (AvgIpc) is 2.38. The molecule has 0 saturated carbocycles. The van der Waals surface area contributed by atoms with Gasteiger partial charge in [0.25, 0.3) is 0 Å². The molecule has 0 fully saturated rings. The highest BCUT2D eigenvalue weighted by Gasteiger charge is 2.02. The van der Waals surface area contributed by atoms with Crippen LogP contribution in [0.15, 0.2) is 48.5 Å². The fourth-order valence-electron chi connectivity index (χ4n) is 1.57. The molecule has 0 atom stereocenters. The van der Waals surface area contributed by atoms with Crippen molar-refractivity contribution >= 4 is 11.7 Å². The average molecular weight is 245 g/mol. The van der Waals surface area contributed by atoms with E-state index in [4.69, 9.17) is 5.11 Å². The Morgan fingerprint density at radius 2 is 1.89 bits per heavy atom. The maximum Gasteiger partial charge on any atom is 0.335 e. The number of hydrogen-bond donors (Lipinski definition) is 2. The van der Waals surface area contributed by atoms with E-state index in [2.05, 4.69) is 5.32 Å². The molecule has 18 heavy (non-hydrogen) atoms. The van der Waals surface area contributed by atoms with Crippen LogP contribution in [0.5, 0.6) is 0 Å². The van der Waals surface area contributed by atoms with Gasteiger partial charge in [-0.3, -0.25) is 0 Å². The summed E-state index contributed by atoms with van der Waals surface area (Å²) in [5.41, 5.74) is 1.88. The van der Waals surface area contributed by atoms with E-state index in [1.807, 2.05) is 0 Å². The van der Waals surface area contributed by atoms with Crippen molar-refractivity contribution in [3.05, 3.63) is 65.5 Å². The maximum absolute atomic E-state index is 12.7. The number of carboxylic acids is 1. The second kappa shape index (κ2) is 5.31. The first-order chi connectivity index (χ1) is 8.65. The summed E-state index contributed by atoms with van der Waals surface area (Å²) in [5, 5.41) is 11.9. The van der Waals surface area contributed by atoms with Crippen molar-refractivity contribution < 1.29 is 14.3 Å². The Morgan fingerprint density at radius 3 is 2.56 bits per heavy atom. The van der Waals surface area contributed by atoms with Crippen LogP contribution in [-0.2, 0) is 6.54 Å². The van der Waals surface area contributed by atoms with Crippen LogP contribution >= 0.6 is 0 Å². The number of nitrogens with one attached hydrogen (secondary N) is 1. The summed E-state index contributed by atoms with van der Waals surface area (Å²) >= 11 is 0. The molecule has 2 aromatic carbocycles. The van der Waals surface area contributed by atoms with E-state index in [0.29, 0.717) is 6.54 Å². The standard InChI is InChI=1S/C14H12FNO2/c15-12-6-4-10(5-7-12)9-16-13-3-1-2-11(8-13)14(17)18/h1-8,16H,9H2,(H,17,18). The summed E-state index contributed by atoms with van der Waals surface area (Å²) in [6, 6.07) is 12.7. The molecule has 2 N–H and O–H groups in total. The molecular formula is C14H12FNO2. The third-order valence-electron chi connectivity index (χ3n) is 2.52. The molecule has 2 rings (SSSR count). The van der Waals surface area contributed by atoms with Crippen molar-refractivity contribution in [2.24, 2.45) is 0 Å². The minimum absolute atomic E-state index is 0.235. The van der Waals surface area contributed by atoms with Crippen molar-refractivity contribution in [2.75, 3.05) is 5.32 Å². The Balaban J connectivity index is 2.04. The monoisotopic (exact) mass is 245 g/mol. The Labute approximate surface area is 104 Å². The summed E-state index contributed by atoms with van der Waals surface area (Å²) in [6.45, 7) is 0.517. The lowest BCUT2D eigenvalue weighted by Gasteiger charge is -2.07. The van der Waals surface area contributed by atoms with Crippen molar-refractivity contribution in [3.63, 3.8) is 0 Å². The quantitative estimate of drug-likeness (QED) is 0.870. The van der Waals surface area contributed by atoms with Crippen molar-refractivity contribution in [1.29, 1.82) is 0 Å². The number of anilines is 1. The molecule has 0 saturated heterocycles. The Morgan fingerprint density at radius 1 is 1.17 bits per heavy atom. The number of carbonyl (C=O) groups is 1. The van der Waals surface area contributed by atoms with Gasteiger partial charge in [0.2, 0.25) is 0 Å². The van der Waals surface area contributed by atoms with E-state index in [-0.39, 0.29) is 11.4 Å². The molecular weight excluding hydrogens is 233 g/mol. The van der Waals surface area contributed by atoms with E-state index >= 15 is 0 Å². The highest BCUT2D eigenvalue weighted by molar-refractivity contribution is 5.88. The third-order valence-corrected chi connectivity index (χ3v) is 2.52. The van der Waals surface area contributed by atoms with Gasteiger partial charge in [0.05, 0.1) is 5.56 Å². The number of hydrogen-bond acceptors (Lipinski definition) is 2. The van der Waals surface area contributed by atoms with Gasteiger partial charge in [-0.05, 0) is 35.9 Å². The van der Waals surface area contributed by atoms with Crippen molar-refractivity contribution in [1.82, 2.24) is 0 Å². The van der Waals surface area contributed by atoms with Gasteiger partial charge in [-0.1, -0.05) is 18.2 Å². The van der Waals surface area contributed by atoms with Crippen LogP contribution in [0.4, 0.5) is 10.1 Å². The zero-order valence-corrected chi connectivity index (χ0v) is 9.56. The zero-order valence-electron chi connectivity index (χ0n) is 9.56. The lowest BCUT2D eigenvalue weighted by atomic mass is 10.2. The minimum Gasteiger partial charge on any atom is -0.478 e. The highest BCUT2D eigenvalue weighted by Crippen LogP contribution is 2.12. The predicted octanol–water partition coefficient (Wildman–Crippen LogP) is 3.14. The van der Waals surface area contributed by atoms with Gasteiger partial charge in [-0.25, -0.2) is 9.18 Å². The van der Waals surface area contributed by atoms with Gasteiger partial charge < -0.3 is 10.4 Å². The Kier molecular flexibility index (Phi) is 3.57. The van der Waals surface area contributed by atoms with Crippen LogP contribution in [-0.4, -0.2) is 11.1 Å². The summed E-state index contributed by atoms with van der Waals surface area (Å²) in [6.07, 6.45) is 0. The van der Waals surface area contributed by atoms with Gasteiger partial charge in [0, 0.05) is 12.2 Å². The maximum atomic E-state index is 12.7. The zero-order chi connectivity index (χ0) is 13.0. The number of aromatic carboxylic acids is 1. The molecule has 0 amide bonds. The van der Waals surface area contributed by atoms with Gasteiger partial charge in [-0.2, -0.15) is 0 Å². The van der Waals surface area contributed by atoms with E-state index in [1.165, 1.54) is 18.2 Å². The number of carboxylic acid groups (broad SMARTS) is 1. The molecule has 0 radical (unpaired) electrons. The van der Waals surface area contributed by atoms with Crippen molar-refractivity contribution in [3.8, 4) is 0 Å². The molecule has 0 unspecified atom stereocenters. The fourth-order valence-corrected chi connectivity index (χ4v) is 1.57. The number of halogens is 1. The summed E-state index contributed by atoms with van der Waals surface area (Å²) in [4.78, 5) is 10.8. The topological polar surface area (TPSA) is 49.3 Å². The molecule has 0 aliphatic heterocycles. The normalized spacial score (nSPS) is 10.1. The van der Waals surface area contributed by atoms with E-state index in [1.54, 1.807) is 30.3 Å². The van der Waals surface area contributed by atoms with Gasteiger partial charge in [0.15, 0.2) is 0 Å². The number of rotatable bonds is 4. The van der Waals surface area contributed by atoms with Crippen LogP contribution in [0.3, 0.4) is 0 Å². The molecule has 3 nitrogen and oxygen atoms in total. The lowest BCUT2D eigenvalue weighted by molar-refractivity contribution is 0.0697. The first-order valence-corrected chi connectivity index (χ1v) is 5.47. The SMILES string of the molecule is O=C(O)c1cccc(NCc2ccc(F)cc2)c1. The fraction of sp³-hybridized carbons (Fsp3) is 0.0714. The van der Waals surface area contributed by atoms with Gasteiger partial charge >= 0.3 is 5.97 Å². The third kappa shape index (κ3) is 3.07. The molecule has 0 aliphatic carbocycles. The number of benzene rings is 2. The van der Waals surface area contributed by atoms with E-state index < -0.39 is 5.97 Å². The lowest BCUT2D eigenvalue weighted by Crippen LogP contribution is -2.01. The largest absolute Gasteiger partial charge is 0.478 e. The van der Waals surface area contributed by atoms with Crippen LogP contribution in [0.2, 0.25) is 0 Å².